The number of aromatic amines is 1. The maximum absolute atomic E-state index is 14.0. The topological polar surface area (TPSA) is 76.0 Å². The Labute approximate surface area is 187 Å². The van der Waals surface area contributed by atoms with Gasteiger partial charge in [-0.2, -0.15) is 5.26 Å². The number of nitriles is 1. The number of aromatic nitrogens is 1. The van der Waals surface area contributed by atoms with E-state index >= 15 is 0 Å². The molecule has 0 amide bonds. The van der Waals surface area contributed by atoms with E-state index < -0.39 is 5.82 Å². The molecule has 3 N–H and O–H groups in total. The highest BCUT2D eigenvalue weighted by atomic mass is 127. The molecule has 0 saturated carbocycles. The first-order valence-corrected chi connectivity index (χ1v) is 9.37. The van der Waals surface area contributed by atoms with Crippen molar-refractivity contribution in [3.8, 4) is 6.07 Å². The zero-order valence-corrected chi connectivity index (χ0v) is 18.9. The highest BCUT2D eigenvalue weighted by Crippen LogP contribution is 2.22. The molecule has 1 aromatic heterocycles. The van der Waals surface area contributed by atoms with Gasteiger partial charge in [0.15, 0.2) is 5.96 Å². The van der Waals surface area contributed by atoms with Gasteiger partial charge in [0.2, 0.25) is 0 Å². The van der Waals surface area contributed by atoms with Crippen molar-refractivity contribution in [2.24, 2.45) is 4.99 Å². The number of fused-ring (bicyclic) bond motifs is 1. The van der Waals surface area contributed by atoms with Crippen molar-refractivity contribution in [1.82, 2.24) is 15.6 Å². The number of aliphatic imine (C=N–C) groups is 1. The summed E-state index contributed by atoms with van der Waals surface area (Å²) in [6.45, 7) is 3.16. The average Bonchev–Trinajstić information content (AvgIpc) is 3.14. The SMILES string of the molecule is CCc1cccc2c(CCNC(=NC)NCc3ccc(C#N)cc3F)c[nH]c12.I. The second-order valence-electron chi connectivity index (χ2n) is 6.53. The third kappa shape index (κ3) is 5.48. The van der Waals surface area contributed by atoms with E-state index in [1.807, 2.05) is 6.07 Å². The Bertz CT molecular complexity index is 1040. The number of hydrogen-bond acceptors (Lipinski definition) is 2. The lowest BCUT2D eigenvalue weighted by Crippen LogP contribution is -2.38. The van der Waals surface area contributed by atoms with Crippen molar-refractivity contribution in [2.75, 3.05) is 13.6 Å². The highest BCUT2D eigenvalue weighted by Gasteiger charge is 2.08. The van der Waals surface area contributed by atoms with E-state index in [0.717, 1.165) is 12.8 Å². The standard InChI is InChI=1S/C22H24FN5.HI/c1-3-16-5-4-6-19-17(13-27-21(16)19)9-10-26-22(25-2)28-14-18-8-7-15(12-24)11-20(18)23;/h4-8,11,13,27H,3,9-10,14H2,1-2H3,(H2,25,26,28);1H. The summed E-state index contributed by atoms with van der Waals surface area (Å²) in [5.41, 5.74) is 4.59. The Morgan fingerprint density at radius 1 is 1.17 bits per heavy atom. The van der Waals surface area contributed by atoms with Crippen LogP contribution in [0, 0.1) is 17.1 Å². The van der Waals surface area contributed by atoms with Gasteiger partial charge in [0.25, 0.3) is 0 Å². The number of guanidine groups is 1. The van der Waals surface area contributed by atoms with Crippen LogP contribution in [0.15, 0.2) is 47.6 Å². The molecule has 0 spiro atoms. The van der Waals surface area contributed by atoms with Crippen molar-refractivity contribution in [2.45, 2.75) is 26.3 Å². The fourth-order valence-electron chi connectivity index (χ4n) is 3.25. The fraction of sp³-hybridized carbons (Fsp3) is 0.273. The molecule has 2 aromatic carbocycles. The van der Waals surface area contributed by atoms with Crippen molar-refractivity contribution >= 4 is 40.8 Å². The van der Waals surface area contributed by atoms with Crippen LogP contribution >= 0.6 is 24.0 Å². The van der Waals surface area contributed by atoms with E-state index in [4.69, 9.17) is 5.26 Å². The molecule has 0 bridgehead atoms. The lowest BCUT2D eigenvalue weighted by atomic mass is 10.1. The van der Waals surface area contributed by atoms with Crippen LogP contribution in [0.2, 0.25) is 0 Å². The van der Waals surface area contributed by atoms with Crippen LogP contribution < -0.4 is 10.6 Å². The summed E-state index contributed by atoms with van der Waals surface area (Å²) < 4.78 is 14.0. The molecule has 0 fully saturated rings. The molecule has 152 valence electrons. The Morgan fingerprint density at radius 2 is 2.00 bits per heavy atom. The molecule has 29 heavy (non-hydrogen) atoms. The monoisotopic (exact) mass is 505 g/mol. The number of halogens is 2. The van der Waals surface area contributed by atoms with Crippen molar-refractivity contribution in [3.63, 3.8) is 0 Å². The normalized spacial score (nSPS) is 11.0. The van der Waals surface area contributed by atoms with Gasteiger partial charge >= 0.3 is 0 Å². The summed E-state index contributed by atoms with van der Waals surface area (Å²) in [7, 11) is 1.68. The van der Waals surface area contributed by atoms with Crippen LogP contribution in [0.5, 0.6) is 0 Å². The quantitative estimate of drug-likeness (QED) is 0.266. The molecule has 3 aromatic rings. The van der Waals surface area contributed by atoms with E-state index in [-0.39, 0.29) is 24.0 Å². The minimum Gasteiger partial charge on any atom is -0.361 e. The molecule has 0 aliphatic rings. The Balaban J connectivity index is 0.00000300. The van der Waals surface area contributed by atoms with Gasteiger partial charge in [-0.15, -0.1) is 24.0 Å². The van der Waals surface area contributed by atoms with Crippen molar-refractivity contribution in [1.29, 1.82) is 5.26 Å². The predicted molar refractivity (Wildman–Crippen MR) is 126 cm³/mol. The van der Waals surface area contributed by atoms with Gasteiger partial charge in [-0.1, -0.05) is 31.2 Å². The molecule has 0 aliphatic heterocycles. The van der Waals surface area contributed by atoms with Crippen LogP contribution in [0.3, 0.4) is 0 Å². The minimum atomic E-state index is -0.396. The van der Waals surface area contributed by atoms with Crippen LogP contribution in [0.25, 0.3) is 10.9 Å². The molecular formula is C22H25FIN5. The van der Waals surface area contributed by atoms with Crippen molar-refractivity contribution in [3.05, 3.63) is 70.7 Å². The first-order chi connectivity index (χ1) is 13.7. The number of benzene rings is 2. The van der Waals surface area contributed by atoms with Crippen LogP contribution in [0.4, 0.5) is 4.39 Å². The van der Waals surface area contributed by atoms with Crippen LogP contribution in [0.1, 0.15) is 29.2 Å². The number of nitrogens with one attached hydrogen (secondary N) is 3. The van der Waals surface area contributed by atoms with E-state index in [2.05, 4.69) is 51.9 Å². The Kier molecular flexibility index (Phi) is 8.46. The molecular weight excluding hydrogens is 480 g/mol. The molecule has 0 radical (unpaired) electrons. The average molecular weight is 505 g/mol. The predicted octanol–water partition coefficient (Wildman–Crippen LogP) is 4.27. The van der Waals surface area contributed by atoms with Gasteiger partial charge in [0.1, 0.15) is 5.82 Å². The van der Waals surface area contributed by atoms with Crippen molar-refractivity contribution < 1.29 is 4.39 Å². The largest absolute Gasteiger partial charge is 0.361 e. The van der Waals surface area contributed by atoms with Gasteiger partial charge in [-0.25, -0.2) is 4.39 Å². The highest BCUT2D eigenvalue weighted by molar-refractivity contribution is 14.0. The number of H-pyrrole nitrogens is 1. The maximum atomic E-state index is 14.0. The van der Waals surface area contributed by atoms with E-state index in [0.29, 0.717) is 30.2 Å². The number of aryl methyl sites for hydroxylation is 1. The molecule has 7 heteroatoms. The van der Waals surface area contributed by atoms with E-state index in [1.165, 1.54) is 28.1 Å². The van der Waals surface area contributed by atoms with Crippen LogP contribution in [-0.4, -0.2) is 24.5 Å². The number of hydrogen-bond donors (Lipinski definition) is 3. The second-order valence-corrected chi connectivity index (χ2v) is 6.53. The molecule has 0 atom stereocenters. The van der Waals surface area contributed by atoms with Gasteiger partial charge < -0.3 is 15.6 Å². The lowest BCUT2D eigenvalue weighted by molar-refractivity contribution is 0.604. The summed E-state index contributed by atoms with van der Waals surface area (Å²) in [5, 5.41) is 16.4. The molecule has 1 heterocycles. The smallest absolute Gasteiger partial charge is 0.191 e. The summed E-state index contributed by atoms with van der Waals surface area (Å²) in [4.78, 5) is 7.57. The third-order valence-corrected chi connectivity index (χ3v) is 4.81. The van der Waals surface area contributed by atoms with Gasteiger partial charge in [-0.05, 0) is 36.1 Å². The number of nitrogens with zero attached hydrogens (tertiary/aromatic N) is 2. The number of rotatable bonds is 6. The first kappa shape index (κ1) is 22.7. The Morgan fingerprint density at radius 3 is 2.69 bits per heavy atom. The molecule has 5 nitrogen and oxygen atoms in total. The zero-order chi connectivity index (χ0) is 19.9. The van der Waals surface area contributed by atoms with E-state index in [1.54, 1.807) is 19.2 Å². The maximum Gasteiger partial charge on any atom is 0.191 e. The third-order valence-electron chi connectivity index (χ3n) is 4.81. The van der Waals surface area contributed by atoms with Crippen LogP contribution in [-0.2, 0) is 19.4 Å². The zero-order valence-electron chi connectivity index (χ0n) is 16.6. The molecule has 0 saturated heterocycles. The summed E-state index contributed by atoms with van der Waals surface area (Å²) in [6.07, 6.45) is 3.91. The van der Waals surface area contributed by atoms with E-state index in [9.17, 15) is 4.39 Å². The minimum absolute atomic E-state index is 0. The van der Waals surface area contributed by atoms with Gasteiger partial charge in [-0.3, -0.25) is 4.99 Å². The second kappa shape index (κ2) is 10.8. The summed E-state index contributed by atoms with van der Waals surface area (Å²) >= 11 is 0. The molecule has 0 aliphatic carbocycles. The fourth-order valence-corrected chi connectivity index (χ4v) is 3.25. The van der Waals surface area contributed by atoms with Gasteiger partial charge in [0.05, 0.1) is 11.6 Å². The lowest BCUT2D eigenvalue weighted by Gasteiger charge is -2.12. The Hall–Kier alpha value is -2.60. The van der Waals surface area contributed by atoms with Gasteiger partial charge in [0, 0.05) is 42.8 Å². The molecule has 0 unspecified atom stereocenters. The summed E-state index contributed by atoms with van der Waals surface area (Å²) in [6, 6.07) is 12.8. The first-order valence-electron chi connectivity index (χ1n) is 9.37. The summed E-state index contributed by atoms with van der Waals surface area (Å²) in [5.74, 6) is 0.213. The molecule has 3 rings (SSSR count). The number of para-hydroxylation sites is 1.